The van der Waals surface area contributed by atoms with Crippen LogP contribution in [0.15, 0.2) is 18.6 Å². The summed E-state index contributed by atoms with van der Waals surface area (Å²) in [7, 11) is 0. The average Bonchev–Trinajstić information content (AvgIpc) is 3.01. The van der Waals surface area contributed by atoms with Crippen molar-refractivity contribution in [2.24, 2.45) is 5.41 Å². The first-order valence-corrected chi connectivity index (χ1v) is 8.60. The van der Waals surface area contributed by atoms with Crippen LogP contribution in [0, 0.1) is 5.41 Å². The second kappa shape index (κ2) is 6.91. The Labute approximate surface area is 146 Å². The second-order valence-electron chi connectivity index (χ2n) is 7.43. The van der Waals surface area contributed by atoms with Gasteiger partial charge in [0.2, 0.25) is 5.91 Å². The Morgan fingerprint density at radius 3 is 2.84 bits per heavy atom. The molecule has 0 aliphatic heterocycles. The van der Waals surface area contributed by atoms with Crippen molar-refractivity contribution in [2.75, 3.05) is 13.2 Å². The highest BCUT2D eigenvalue weighted by Crippen LogP contribution is 2.42. The number of aliphatic hydroxyl groups is 1. The quantitative estimate of drug-likeness (QED) is 0.667. The molecule has 2 N–H and O–H groups in total. The Morgan fingerprint density at radius 2 is 2.20 bits per heavy atom. The van der Waals surface area contributed by atoms with Crippen molar-refractivity contribution < 1.29 is 9.90 Å². The van der Waals surface area contributed by atoms with Gasteiger partial charge < -0.3 is 10.4 Å². The number of amides is 1. The summed E-state index contributed by atoms with van der Waals surface area (Å²) in [5.74, 6) is -0.0250. The van der Waals surface area contributed by atoms with E-state index in [1.165, 1.54) is 0 Å². The van der Waals surface area contributed by atoms with Gasteiger partial charge >= 0.3 is 0 Å². The fourth-order valence-electron chi connectivity index (χ4n) is 2.67. The molecule has 136 valence electrons. The Bertz CT molecular complexity index is 704. The zero-order chi connectivity index (χ0) is 17.9. The number of aliphatic hydroxyl groups excluding tert-OH is 1. The molecule has 0 saturated heterocycles. The number of aryl methyl sites for hydroxylation is 1. The molecule has 1 saturated carbocycles. The molecule has 2 aromatic rings. The summed E-state index contributed by atoms with van der Waals surface area (Å²) in [6, 6.07) is 0. The van der Waals surface area contributed by atoms with Crippen molar-refractivity contribution in [1.82, 2.24) is 35.3 Å². The topological polar surface area (TPSA) is 111 Å². The first-order valence-electron chi connectivity index (χ1n) is 8.60. The van der Waals surface area contributed by atoms with Crippen molar-refractivity contribution in [2.45, 2.75) is 51.6 Å². The van der Waals surface area contributed by atoms with Gasteiger partial charge in [0, 0.05) is 25.5 Å². The molecule has 3 rings (SSSR count). The maximum Gasteiger partial charge on any atom is 0.248 e. The summed E-state index contributed by atoms with van der Waals surface area (Å²) in [5.41, 5.74) is 0.228. The molecule has 1 aliphatic carbocycles. The summed E-state index contributed by atoms with van der Waals surface area (Å²) in [6.45, 7) is 5.25. The third-order valence-corrected chi connectivity index (χ3v) is 4.71. The van der Waals surface area contributed by atoms with Gasteiger partial charge in [-0.3, -0.25) is 9.48 Å². The molecule has 0 aromatic carbocycles. The Balaban J connectivity index is 1.45. The van der Waals surface area contributed by atoms with E-state index >= 15 is 0 Å². The summed E-state index contributed by atoms with van der Waals surface area (Å²) >= 11 is 0. The molecule has 1 aliphatic rings. The molecule has 2 aromatic heterocycles. The Kier molecular flexibility index (Phi) is 4.85. The molecular formula is C16H25N7O2. The second-order valence-corrected chi connectivity index (χ2v) is 7.43. The SMILES string of the molecule is CC(C)(CO)CCc1cn(CCNC(=O)C2(n3ccnn3)CC2)nn1. The predicted molar refractivity (Wildman–Crippen MR) is 89.4 cm³/mol. The summed E-state index contributed by atoms with van der Waals surface area (Å²) in [6.07, 6.45) is 8.40. The van der Waals surface area contributed by atoms with E-state index in [0.717, 1.165) is 31.4 Å². The van der Waals surface area contributed by atoms with Crippen LogP contribution in [0.5, 0.6) is 0 Å². The van der Waals surface area contributed by atoms with Crippen LogP contribution in [0.4, 0.5) is 0 Å². The number of nitrogens with zero attached hydrogens (tertiary/aromatic N) is 6. The van der Waals surface area contributed by atoms with Crippen LogP contribution < -0.4 is 5.32 Å². The molecule has 0 bridgehead atoms. The van der Waals surface area contributed by atoms with Crippen LogP contribution >= 0.6 is 0 Å². The first-order chi connectivity index (χ1) is 12.0. The van der Waals surface area contributed by atoms with Crippen molar-refractivity contribution in [1.29, 1.82) is 0 Å². The summed E-state index contributed by atoms with van der Waals surface area (Å²) in [5, 5.41) is 28.2. The van der Waals surface area contributed by atoms with Crippen molar-refractivity contribution in [3.05, 3.63) is 24.3 Å². The predicted octanol–water partition coefficient (Wildman–Crippen LogP) is 0.126. The molecule has 0 atom stereocenters. The van der Waals surface area contributed by atoms with Gasteiger partial charge in [0.25, 0.3) is 0 Å². The summed E-state index contributed by atoms with van der Waals surface area (Å²) in [4.78, 5) is 12.4. The van der Waals surface area contributed by atoms with Gasteiger partial charge in [0.15, 0.2) is 0 Å². The van der Waals surface area contributed by atoms with E-state index in [1.54, 1.807) is 21.8 Å². The largest absolute Gasteiger partial charge is 0.396 e. The number of aromatic nitrogens is 6. The third-order valence-electron chi connectivity index (χ3n) is 4.71. The number of carbonyl (C=O) groups excluding carboxylic acids is 1. The van der Waals surface area contributed by atoms with Gasteiger partial charge in [-0.2, -0.15) is 0 Å². The monoisotopic (exact) mass is 347 g/mol. The Hall–Kier alpha value is -2.29. The first kappa shape index (κ1) is 17.5. The maximum absolute atomic E-state index is 12.4. The standard InChI is InChI=1S/C16H25N7O2/c1-15(2,12-24)4-3-13-11-22(21-19-13)9-7-17-14(25)16(5-6-16)23-10-8-18-20-23/h8,10-11,24H,3-7,9,12H2,1-2H3,(H,17,25). The maximum atomic E-state index is 12.4. The van der Waals surface area contributed by atoms with E-state index in [4.69, 9.17) is 0 Å². The zero-order valence-corrected chi connectivity index (χ0v) is 14.7. The van der Waals surface area contributed by atoms with Gasteiger partial charge in [-0.05, 0) is 31.1 Å². The highest BCUT2D eigenvalue weighted by atomic mass is 16.3. The zero-order valence-electron chi connectivity index (χ0n) is 14.7. The average molecular weight is 347 g/mol. The van der Waals surface area contributed by atoms with E-state index < -0.39 is 5.54 Å². The molecule has 2 heterocycles. The smallest absolute Gasteiger partial charge is 0.248 e. The van der Waals surface area contributed by atoms with Crippen LogP contribution in [0.3, 0.4) is 0 Å². The lowest BCUT2D eigenvalue weighted by Crippen LogP contribution is -2.40. The van der Waals surface area contributed by atoms with Crippen LogP contribution in [-0.2, 0) is 23.3 Å². The minimum Gasteiger partial charge on any atom is -0.396 e. The molecular weight excluding hydrogens is 322 g/mol. The molecule has 1 amide bonds. The van der Waals surface area contributed by atoms with Gasteiger partial charge in [-0.15, -0.1) is 10.2 Å². The van der Waals surface area contributed by atoms with Crippen LogP contribution in [0.2, 0.25) is 0 Å². The lowest BCUT2D eigenvalue weighted by Gasteiger charge is -2.20. The minimum absolute atomic E-state index is 0.0250. The summed E-state index contributed by atoms with van der Waals surface area (Å²) < 4.78 is 3.37. The van der Waals surface area contributed by atoms with Crippen molar-refractivity contribution in [3.8, 4) is 0 Å². The fraction of sp³-hybridized carbons (Fsp3) is 0.688. The fourth-order valence-corrected chi connectivity index (χ4v) is 2.67. The molecule has 1 fully saturated rings. The molecule has 25 heavy (non-hydrogen) atoms. The third kappa shape index (κ3) is 4.04. The van der Waals surface area contributed by atoms with E-state index in [9.17, 15) is 9.90 Å². The number of hydrogen-bond donors (Lipinski definition) is 2. The molecule has 0 radical (unpaired) electrons. The lowest BCUT2D eigenvalue weighted by molar-refractivity contribution is -0.126. The van der Waals surface area contributed by atoms with Gasteiger partial charge in [0.1, 0.15) is 5.54 Å². The minimum atomic E-state index is -0.556. The number of nitrogens with one attached hydrogen (secondary N) is 1. The number of hydrogen-bond acceptors (Lipinski definition) is 6. The van der Waals surface area contributed by atoms with E-state index in [1.807, 2.05) is 20.0 Å². The van der Waals surface area contributed by atoms with Crippen molar-refractivity contribution in [3.63, 3.8) is 0 Å². The highest BCUT2D eigenvalue weighted by Gasteiger charge is 2.52. The van der Waals surface area contributed by atoms with Gasteiger partial charge in [0.05, 0.1) is 18.4 Å². The van der Waals surface area contributed by atoms with Crippen LogP contribution in [0.1, 0.15) is 38.8 Å². The van der Waals surface area contributed by atoms with Crippen molar-refractivity contribution >= 4 is 5.91 Å². The normalized spacial score (nSPS) is 16.0. The molecule has 0 spiro atoms. The molecule has 9 heteroatoms. The molecule has 9 nitrogen and oxygen atoms in total. The van der Waals surface area contributed by atoms with Gasteiger partial charge in [-0.25, -0.2) is 4.68 Å². The Morgan fingerprint density at radius 1 is 1.40 bits per heavy atom. The highest BCUT2D eigenvalue weighted by molar-refractivity contribution is 5.87. The number of carbonyl (C=O) groups is 1. The van der Waals surface area contributed by atoms with E-state index in [-0.39, 0.29) is 17.9 Å². The van der Waals surface area contributed by atoms with E-state index in [0.29, 0.717) is 13.1 Å². The number of rotatable bonds is 9. The lowest BCUT2D eigenvalue weighted by atomic mass is 9.88. The van der Waals surface area contributed by atoms with Gasteiger partial charge in [-0.1, -0.05) is 24.3 Å². The van der Waals surface area contributed by atoms with E-state index in [2.05, 4.69) is 25.9 Å². The molecule has 0 unspecified atom stereocenters. The van der Waals surface area contributed by atoms with Crippen LogP contribution in [0.25, 0.3) is 0 Å². The van der Waals surface area contributed by atoms with Crippen LogP contribution in [-0.4, -0.2) is 54.2 Å².